The van der Waals surface area contributed by atoms with Crippen molar-refractivity contribution in [2.45, 2.75) is 12.1 Å². The number of hydrogen-bond donors (Lipinski definition) is 2. The SMILES string of the molecule is O=C(O)/C=C(\NCC(c1ccccc1)C(F)(F)F)C(=O)ON1C=NCC1. The Bertz CT molecular complexity index is 704. The molecular formula is C16H16F3N3O4. The fourth-order valence-electron chi connectivity index (χ4n) is 2.21. The van der Waals surface area contributed by atoms with E-state index in [0.717, 1.165) is 5.06 Å². The number of carboxylic acids is 1. The molecule has 10 heteroatoms. The fraction of sp³-hybridized carbons (Fsp3) is 0.312. The maximum Gasteiger partial charge on any atom is 0.397 e. The highest BCUT2D eigenvalue weighted by Gasteiger charge is 2.40. The Morgan fingerprint density at radius 3 is 2.58 bits per heavy atom. The van der Waals surface area contributed by atoms with Gasteiger partial charge in [-0.25, -0.2) is 9.59 Å². The number of carboxylic acid groups (broad SMARTS) is 1. The largest absolute Gasteiger partial charge is 0.478 e. The second-order valence-electron chi connectivity index (χ2n) is 5.32. The molecule has 140 valence electrons. The van der Waals surface area contributed by atoms with Gasteiger partial charge in [0.15, 0.2) is 0 Å². The number of halogens is 3. The molecule has 2 rings (SSSR count). The Morgan fingerprint density at radius 2 is 2.04 bits per heavy atom. The van der Waals surface area contributed by atoms with E-state index in [1.54, 1.807) is 6.07 Å². The van der Waals surface area contributed by atoms with Gasteiger partial charge in [0.1, 0.15) is 12.0 Å². The first kappa shape index (κ1) is 19.3. The Kier molecular flexibility index (Phi) is 6.21. The van der Waals surface area contributed by atoms with E-state index in [0.29, 0.717) is 12.6 Å². The van der Waals surface area contributed by atoms with Crippen molar-refractivity contribution < 1.29 is 32.7 Å². The fourth-order valence-corrected chi connectivity index (χ4v) is 2.21. The number of aliphatic carboxylic acids is 1. The summed E-state index contributed by atoms with van der Waals surface area (Å²) in [6.07, 6.45) is -2.89. The molecule has 0 spiro atoms. The monoisotopic (exact) mass is 371 g/mol. The minimum absolute atomic E-state index is 0.0118. The summed E-state index contributed by atoms with van der Waals surface area (Å²) < 4.78 is 40.0. The van der Waals surface area contributed by atoms with E-state index in [9.17, 15) is 22.8 Å². The maximum atomic E-state index is 13.3. The average Bonchev–Trinajstić information content (AvgIpc) is 3.06. The molecule has 0 saturated heterocycles. The van der Waals surface area contributed by atoms with Crippen LogP contribution in [0.3, 0.4) is 0 Å². The van der Waals surface area contributed by atoms with Gasteiger partial charge in [0.2, 0.25) is 0 Å². The highest BCUT2D eigenvalue weighted by molar-refractivity contribution is 5.95. The Hall–Kier alpha value is -3.04. The quantitative estimate of drug-likeness (QED) is 0.709. The molecule has 0 aliphatic carbocycles. The van der Waals surface area contributed by atoms with Gasteiger partial charge >= 0.3 is 18.1 Å². The second-order valence-corrected chi connectivity index (χ2v) is 5.32. The van der Waals surface area contributed by atoms with Crippen LogP contribution in [0.2, 0.25) is 0 Å². The molecule has 1 atom stereocenters. The van der Waals surface area contributed by atoms with E-state index < -0.39 is 36.3 Å². The zero-order chi connectivity index (χ0) is 19.2. The van der Waals surface area contributed by atoms with E-state index in [2.05, 4.69) is 10.3 Å². The van der Waals surface area contributed by atoms with Crippen molar-refractivity contribution in [3.8, 4) is 0 Å². The summed E-state index contributed by atoms with van der Waals surface area (Å²) in [6, 6.07) is 7.11. The van der Waals surface area contributed by atoms with Gasteiger partial charge in [-0.15, -0.1) is 0 Å². The normalized spacial score (nSPS) is 15.7. The minimum Gasteiger partial charge on any atom is -0.478 e. The maximum absolute atomic E-state index is 13.3. The lowest BCUT2D eigenvalue weighted by molar-refractivity contribution is -0.166. The number of carbonyl (C=O) groups is 2. The Balaban J connectivity index is 2.12. The number of hydrogen-bond acceptors (Lipinski definition) is 6. The predicted molar refractivity (Wildman–Crippen MR) is 85.1 cm³/mol. The van der Waals surface area contributed by atoms with E-state index in [1.165, 1.54) is 30.6 Å². The summed E-state index contributed by atoms with van der Waals surface area (Å²) in [4.78, 5) is 31.6. The third-order valence-corrected chi connectivity index (χ3v) is 3.44. The Labute approximate surface area is 146 Å². The number of carbonyl (C=O) groups excluding carboxylic acids is 1. The average molecular weight is 371 g/mol. The van der Waals surface area contributed by atoms with Gasteiger partial charge in [0.25, 0.3) is 0 Å². The van der Waals surface area contributed by atoms with Crippen molar-refractivity contribution in [2.75, 3.05) is 19.6 Å². The van der Waals surface area contributed by atoms with Crippen molar-refractivity contribution in [1.29, 1.82) is 0 Å². The number of alkyl halides is 3. The molecule has 7 nitrogen and oxygen atoms in total. The molecule has 1 aliphatic heterocycles. The smallest absolute Gasteiger partial charge is 0.397 e. The van der Waals surface area contributed by atoms with E-state index in [4.69, 9.17) is 9.94 Å². The van der Waals surface area contributed by atoms with Crippen LogP contribution >= 0.6 is 0 Å². The molecule has 0 amide bonds. The number of rotatable bonds is 7. The summed E-state index contributed by atoms with van der Waals surface area (Å²) in [6.45, 7) is -0.0556. The molecule has 1 unspecified atom stereocenters. The summed E-state index contributed by atoms with van der Waals surface area (Å²) >= 11 is 0. The molecule has 0 radical (unpaired) electrons. The van der Waals surface area contributed by atoms with Gasteiger partial charge < -0.3 is 15.3 Å². The van der Waals surface area contributed by atoms with Crippen molar-refractivity contribution in [3.63, 3.8) is 0 Å². The highest BCUT2D eigenvalue weighted by Crippen LogP contribution is 2.34. The van der Waals surface area contributed by atoms with E-state index in [1.807, 2.05) is 0 Å². The van der Waals surface area contributed by atoms with Crippen LogP contribution in [0.15, 0.2) is 47.1 Å². The van der Waals surface area contributed by atoms with Crippen LogP contribution in [-0.4, -0.2) is 54.3 Å². The summed E-state index contributed by atoms with van der Waals surface area (Å²) in [7, 11) is 0. The van der Waals surface area contributed by atoms with Crippen LogP contribution in [0.5, 0.6) is 0 Å². The lowest BCUT2D eigenvalue weighted by Crippen LogP contribution is -2.35. The molecule has 26 heavy (non-hydrogen) atoms. The molecule has 1 aromatic rings. The molecule has 1 heterocycles. The number of benzene rings is 1. The Morgan fingerprint density at radius 1 is 1.35 bits per heavy atom. The van der Waals surface area contributed by atoms with Crippen molar-refractivity contribution >= 4 is 18.3 Å². The molecule has 1 aliphatic rings. The molecule has 0 fully saturated rings. The van der Waals surface area contributed by atoms with Crippen LogP contribution in [0, 0.1) is 0 Å². The number of nitrogens with one attached hydrogen (secondary N) is 1. The highest BCUT2D eigenvalue weighted by atomic mass is 19.4. The predicted octanol–water partition coefficient (Wildman–Crippen LogP) is 1.69. The van der Waals surface area contributed by atoms with E-state index in [-0.39, 0.29) is 12.1 Å². The molecule has 0 bridgehead atoms. The first-order chi connectivity index (χ1) is 12.3. The van der Waals surface area contributed by atoms with Crippen LogP contribution < -0.4 is 5.32 Å². The van der Waals surface area contributed by atoms with E-state index >= 15 is 0 Å². The van der Waals surface area contributed by atoms with Crippen molar-refractivity contribution in [2.24, 2.45) is 4.99 Å². The van der Waals surface area contributed by atoms with Crippen LogP contribution in [0.4, 0.5) is 13.2 Å². The number of aliphatic imine (C=N–C) groups is 1. The van der Waals surface area contributed by atoms with Gasteiger partial charge in [-0.3, -0.25) is 4.99 Å². The van der Waals surface area contributed by atoms with Crippen LogP contribution in [0.1, 0.15) is 11.5 Å². The summed E-state index contributed by atoms with van der Waals surface area (Å²) in [5, 5.41) is 12.2. The van der Waals surface area contributed by atoms with Crippen LogP contribution in [0.25, 0.3) is 0 Å². The van der Waals surface area contributed by atoms with Gasteiger partial charge in [0, 0.05) is 6.54 Å². The van der Waals surface area contributed by atoms with Crippen molar-refractivity contribution in [1.82, 2.24) is 10.4 Å². The van der Waals surface area contributed by atoms with Gasteiger partial charge in [-0.2, -0.15) is 18.2 Å². The lowest BCUT2D eigenvalue weighted by atomic mass is 9.98. The second kappa shape index (κ2) is 8.37. The topological polar surface area (TPSA) is 91.2 Å². The molecule has 1 aromatic carbocycles. The van der Waals surface area contributed by atoms with Crippen LogP contribution in [-0.2, 0) is 14.4 Å². The third-order valence-electron chi connectivity index (χ3n) is 3.44. The third kappa shape index (κ3) is 5.50. The molecule has 0 aromatic heterocycles. The van der Waals surface area contributed by atoms with Crippen molar-refractivity contribution in [3.05, 3.63) is 47.7 Å². The zero-order valence-corrected chi connectivity index (χ0v) is 13.4. The lowest BCUT2D eigenvalue weighted by Gasteiger charge is -2.22. The molecule has 2 N–H and O–H groups in total. The first-order valence-corrected chi connectivity index (χ1v) is 7.56. The van der Waals surface area contributed by atoms with Gasteiger partial charge in [-0.05, 0) is 5.56 Å². The summed E-state index contributed by atoms with van der Waals surface area (Å²) in [5.74, 6) is -4.54. The van der Waals surface area contributed by atoms with Gasteiger partial charge in [-0.1, -0.05) is 30.3 Å². The molecule has 0 saturated carbocycles. The number of hydroxylamine groups is 2. The minimum atomic E-state index is -4.59. The van der Waals surface area contributed by atoms with Gasteiger partial charge in [0.05, 0.1) is 25.1 Å². The standard InChI is InChI=1S/C16H16F3N3O4/c17-16(18,19)12(11-4-2-1-3-5-11)9-21-13(8-14(23)24)15(25)26-22-7-6-20-10-22/h1-5,8,10,12,21H,6-7,9H2,(H,23,24)/b13-8-. The number of nitrogens with zero attached hydrogens (tertiary/aromatic N) is 2. The zero-order valence-electron chi connectivity index (χ0n) is 13.4. The molecular weight excluding hydrogens is 355 g/mol. The first-order valence-electron chi connectivity index (χ1n) is 7.56. The summed E-state index contributed by atoms with van der Waals surface area (Å²) in [5.41, 5.74) is -0.606.